The lowest BCUT2D eigenvalue weighted by atomic mass is 10.0. The molecule has 0 fully saturated rings. The molecule has 0 bridgehead atoms. The smallest absolute Gasteiger partial charge is 0.255 e. The zero-order valence-corrected chi connectivity index (χ0v) is 12.6. The largest absolute Gasteiger partial charge is 0.338 e. The summed E-state index contributed by atoms with van der Waals surface area (Å²) in [4.78, 5) is 19.1. The molecule has 1 aromatic heterocycles. The molecule has 3 rings (SSSR count). The second kappa shape index (κ2) is 5.68. The van der Waals surface area contributed by atoms with Gasteiger partial charge in [-0.15, -0.1) is 0 Å². The zero-order valence-electron chi connectivity index (χ0n) is 12.6. The number of benzene rings is 1. The molecular weight excluding hydrogens is 260 g/mol. The van der Waals surface area contributed by atoms with Gasteiger partial charge in [-0.2, -0.15) is 0 Å². The topological polar surface area (TPSA) is 33.2 Å². The lowest BCUT2D eigenvalue weighted by Crippen LogP contribution is -2.33. The fraction of sp³-hybridized carbons (Fsp3) is 0.333. The van der Waals surface area contributed by atoms with Crippen LogP contribution in [-0.4, -0.2) is 28.9 Å². The molecule has 0 radical (unpaired) electrons. The van der Waals surface area contributed by atoms with Gasteiger partial charge in [0.05, 0.1) is 11.3 Å². The summed E-state index contributed by atoms with van der Waals surface area (Å²) in [6.07, 6.45) is 1.86. The van der Waals surface area contributed by atoms with E-state index >= 15 is 0 Å². The number of carbonyl (C=O) groups is 1. The van der Waals surface area contributed by atoms with Gasteiger partial charge in [0, 0.05) is 18.8 Å². The SMILES string of the molecule is Cc1ccc(C(=O)N2CCc3ccccc3CC2)c(C)n1. The normalized spacial score (nSPS) is 14.5. The van der Waals surface area contributed by atoms with E-state index in [0.717, 1.165) is 42.9 Å². The van der Waals surface area contributed by atoms with Crippen LogP contribution in [0, 0.1) is 13.8 Å². The second-order valence-corrected chi connectivity index (χ2v) is 5.65. The first kappa shape index (κ1) is 13.8. The van der Waals surface area contributed by atoms with Gasteiger partial charge in [0.15, 0.2) is 0 Å². The average molecular weight is 280 g/mol. The monoisotopic (exact) mass is 280 g/mol. The summed E-state index contributed by atoms with van der Waals surface area (Å²) in [5.41, 5.74) is 5.23. The van der Waals surface area contributed by atoms with Crippen LogP contribution < -0.4 is 0 Å². The van der Waals surface area contributed by atoms with Gasteiger partial charge in [-0.1, -0.05) is 24.3 Å². The minimum absolute atomic E-state index is 0.104. The summed E-state index contributed by atoms with van der Waals surface area (Å²) >= 11 is 0. The second-order valence-electron chi connectivity index (χ2n) is 5.65. The van der Waals surface area contributed by atoms with Crippen molar-refractivity contribution in [2.24, 2.45) is 0 Å². The summed E-state index contributed by atoms with van der Waals surface area (Å²) in [6.45, 7) is 5.42. The molecule has 108 valence electrons. The molecule has 0 aliphatic carbocycles. The number of amides is 1. The number of rotatable bonds is 1. The molecule has 0 saturated heterocycles. The Kier molecular flexibility index (Phi) is 3.74. The first-order chi connectivity index (χ1) is 10.1. The number of pyridine rings is 1. The number of hydrogen-bond acceptors (Lipinski definition) is 2. The van der Waals surface area contributed by atoms with Gasteiger partial charge >= 0.3 is 0 Å². The number of fused-ring (bicyclic) bond motifs is 1. The molecule has 2 aromatic rings. The third kappa shape index (κ3) is 2.82. The van der Waals surface area contributed by atoms with Gasteiger partial charge in [-0.3, -0.25) is 9.78 Å². The Balaban J connectivity index is 1.81. The molecule has 3 heteroatoms. The number of aryl methyl sites for hydroxylation is 2. The van der Waals surface area contributed by atoms with Gasteiger partial charge in [0.2, 0.25) is 0 Å². The van der Waals surface area contributed by atoms with Crippen molar-refractivity contribution in [1.29, 1.82) is 0 Å². The minimum Gasteiger partial charge on any atom is -0.338 e. The first-order valence-electron chi connectivity index (χ1n) is 7.45. The molecule has 1 aromatic carbocycles. The molecule has 0 atom stereocenters. The highest BCUT2D eigenvalue weighted by Crippen LogP contribution is 2.18. The average Bonchev–Trinajstić information content (AvgIpc) is 2.69. The maximum Gasteiger partial charge on any atom is 0.255 e. The van der Waals surface area contributed by atoms with Crippen molar-refractivity contribution in [3.8, 4) is 0 Å². The zero-order chi connectivity index (χ0) is 14.8. The Morgan fingerprint density at radius 3 is 2.19 bits per heavy atom. The highest BCUT2D eigenvalue weighted by atomic mass is 16.2. The Morgan fingerprint density at radius 1 is 1.00 bits per heavy atom. The lowest BCUT2D eigenvalue weighted by molar-refractivity contribution is 0.0762. The molecule has 0 N–H and O–H groups in total. The number of hydrogen-bond donors (Lipinski definition) is 0. The number of carbonyl (C=O) groups excluding carboxylic acids is 1. The first-order valence-corrected chi connectivity index (χ1v) is 7.45. The summed E-state index contributed by atoms with van der Waals surface area (Å²) in [5.74, 6) is 0.104. The van der Waals surface area contributed by atoms with Crippen molar-refractivity contribution in [2.75, 3.05) is 13.1 Å². The molecule has 1 aliphatic rings. The van der Waals surface area contributed by atoms with Crippen LogP contribution in [0.25, 0.3) is 0 Å². The minimum atomic E-state index is 0.104. The van der Waals surface area contributed by atoms with Crippen LogP contribution in [0.15, 0.2) is 36.4 Å². The van der Waals surface area contributed by atoms with E-state index in [4.69, 9.17) is 0 Å². The molecule has 0 unspecified atom stereocenters. The maximum absolute atomic E-state index is 12.7. The van der Waals surface area contributed by atoms with Crippen molar-refractivity contribution in [1.82, 2.24) is 9.88 Å². The fourth-order valence-corrected chi connectivity index (χ4v) is 2.95. The molecule has 3 nitrogen and oxygen atoms in total. The van der Waals surface area contributed by atoms with Crippen LogP contribution in [0.2, 0.25) is 0 Å². The molecular formula is C18H20N2O. The predicted molar refractivity (Wildman–Crippen MR) is 83.5 cm³/mol. The van der Waals surface area contributed by atoms with Gasteiger partial charge in [0.1, 0.15) is 0 Å². The van der Waals surface area contributed by atoms with E-state index in [9.17, 15) is 4.79 Å². The highest BCUT2D eigenvalue weighted by molar-refractivity contribution is 5.95. The Labute approximate surface area is 125 Å². The Morgan fingerprint density at radius 2 is 1.62 bits per heavy atom. The third-order valence-electron chi connectivity index (χ3n) is 4.16. The van der Waals surface area contributed by atoms with E-state index in [1.165, 1.54) is 11.1 Å². The predicted octanol–water partition coefficient (Wildman–Crippen LogP) is 2.94. The van der Waals surface area contributed by atoms with E-state index in [0.29, 0.717) is 0 Å². The van der Waals surface area contributed by atoms with E-state index in [-0.39, 0.29) is 5.91 Å². The Hall–Kier alpha value is -2.16. The van der Waals surface area contributed by atoms with Crippen molar-refractivity contribution in [3.05, 3.63) is 64.5 Å². The highest BCUT2D eigenvalue weighted by Gasteiger charge is 2.21. The van der Waals surface area contributed by atoms with Crippen LogP contribution in [0.3, 0.4) is 0 Å². The molecule has 2 heterocycles. The van der Waals surface area contributed by atoms with Crippen LogP contribution in [0.5, 0.6) is 0 Å². The standard InChI is InChI=1S/C18H20N2O/c1-13-7-8-17(14(2)19-13)18(21)20-11-9-15-5-3-4-6-16(15)10-12-20/h3-8H,9-12H2,1-2H3. The van der Waals surface area contributed by atoms with E-state index in [2.05, 4.69) is 29.2 Å². The van der Waals surface area contributed by atoms with Gasteiger partial charge in [0.25, 0.3) is 5.91 Å². The van der Waals surface area contributed by atoms with Crippen molar-refractivity contribution in [3.63, 3.8) is 0 Å². The maximum atomic E-state index is 12.7. The molecule has 0 spiro atoms. The van der Waals surface area contributed by atoms with Crippen LogP contribution in [0.1, 0.15) is 32.9 Å². The molecule has 21 heavy (non-hydrogen) atoms. The van der Waals surface area contributed by atoms with Gasteiger partial charge < -0.3 is 4.90 Å². The molecule has 1 aliphatic heterocycles. The van der Waals surface area contributed by atoms with E-state index in [1.54, 1.807) is 0 Å². The van der Waals surface area contributed by atoms with Crippen LogP contribution in [0.4, 0.5) is 0 Å². The number of aromatic nitrogens is 1. The van der Waals surface area contributed by atoms with E-state index < -0.39 is 0 Å². The summed E-state index contributed by atoms with van der Waals surface area (Å²) in [6, 6.07) is 12.3. The fourth-order valence-electron chi connectivity index (χ4n) is 2.95. The lowest BCUT2D eigenvalue weighted by Gasteiger charge is -2.21. The van der Waals surface area contributed by atoms with Gasteiger partial charge in [-0.05, 0) is 49.9 Å². The number of nitrogens with zero attached hydrogens (tertiary/aromatic N) is 2. The van der Waals surface area contributed by atoms with Crippen molar-refractivity contribution in [2.45, 2.75) is 26.7 Å². The van der Waals surface area contributed by atoms with Crippen molar-refractivity contribution < 1.29 is 4.79 Å². The molecule has 1 amide bonds. The van der Waals surface area contributed by atoms with Crippen LogP contribution >= 0.6 is 0 Å². The summed E-state index contributed by atoms with van der Waals surface area (Å²) < 4.78 is 0. The molecule has 0 saturated carbocycles. The summed E-state index contributed by atoms with van der Waals surface area (Å²) in [7, 11) is 0. The Bertz CT molecular complexity index is 652. The van der Waals surface area contributed by atoms with Crippen molar-refractivity contribution >= 4 is 5.91 Å². The van der Waals surface area contributed by atoms with E-state index in [1.807, 2.05) is 30.9 Å². The van der Waals surface area contributed by atoms with Gasteiger partial charge in [-0.25, -0.2) is 0 Å². The quantitative estimate of drug-likeness (QED) is 0.804. The third-order valence-corrected chi connectivity index (χ3v) is 4.16. The summed E-state index contributed by atoms with van der Waals surface area (Å²) in [5, 5.41) is 0. The van der Waals surface area contributed by atoms with Crippen LogP contribution in [-0.2, 0) is 12.8 Å².